The number of hydrogen-bond acceptors (Lipinski definition) is 7. The molecule has 8 heteroatoms. The Bertz CT molecular complexity index is 1030. The molecule has 3 rings (SSSR count). The van der Waals surface area contributed by atoms with E-state index in [1.165, 1.54) is 0 Å². The highest BCUT2D eigenvalue weighted by Gasteiger charge is 2.38. The highest BCUT2D eigenvalue weighted by Crippen LogP contribution is 2.38. The summed E-state index contributed by atoms with van der Waals surface area (Å²) in [5.41, 5.74) is 6.95. The molecule has 0 spiro atoms. The van der Waals surface area contributed by atoms with Gasteiger partial charge in [-0.05, 0) is 37.8 Å². The van der Waals surface area contributed by atoms with E-state index in [1.54, 1.807) is 26.2 Å². The maximum Gasteiger partial charge on any atom is 0.309 e. The maximum absolute atomic E-state index is 11.4. The molecule has 1 unspecified atom stereocenters. The molecule has 2 heterocycles. The van der Waals surface area contributed by atoms with Gasteiger partial charge in [-0.2, -0.15) is 4.98 Å². The summed E-state index contributed by atoms with van der Waals surface area (Å²) in [6.45, 7) is 9.54. The smallest absolute Gasteiger partial charge is 0.309 e. The number of nitrogens with zero attached hydrogens (tertiary/aromatic N) is 4. The molecular weight excluding hydrogens is 382 g/mol. The lowest BCUT2D eigenvalue weighted by Crippen LogP contribution is -2.31. The van der Waals surface area contributed by atoms with E-state index in [1.807, 2.05) is 24.3 Å². The van der Waals surface area contributed by atoms with Crippen LogP contribution in [0.5, 0.6) is 0 Å². The molecule has 0 aliphatic rings. The maximum atomic E-state index is 11.4. The molecule has 0 radical (unpaired) electrons. The molecule has 0 fully saturated rings. The summed E-state index contributed by atoms with van der Waals surface area (Å²) in [6.07, 6.45) is 3.54. The number of rotatable bonds is 7. The number of carboxylic acids is 1. The van der Waals surface area contributed by atoms with Crippen LogP contribution in [0.25, 0.3) is 11.1 Å². The zero-order valence-electron chi connectivity index (χ0n) is 17.9. The molecule has 0 saturated carbocycles. The Morgan fingerprint density at radius 2 is 1.70 bits per heavy atom. The number of benzene rings is 1. The average molecular weight is 409 g/mol. The van der Waals surface area contributed by atoms with Gasteiger partial charge in [0, 0.05) is 24.4 Å². The summed E-state index contributed by atoms with van der Waals surface area (Å²) >= 11 is 0. The van der Waals surface area contributed by atoms with Crippen LogP contribution in [-0.4, -0.2) is 31.2 Å². The minimum Gasteiger partial charge on any atom is -0.481 e. The van der Waals surface area contributed by atoms with Gasteiger partial charge in [-0.15, -0.1) is 0 Å². The Morgan fingerprint density at radius 3 is 2.23 bits per heavy atom. The predicted molar refractivity (Wildman–Crippen MR) is 113 cm³/mol. The van der Waals surface area contributed by atoms with Gasteiger partial charge in [0.15, 0.2) is 5.82 Å². The van der Waals surface area contributed by atoms with Crippen LogP contribution in [0.2, 0.25) is 0 Å². The molecule has 2 aromatic heterocycles. The fraction of sp³-hybridized carbons (Fsp3) is 0.409. The largest absolute Gasteiger partial charge is 0.481 e. The van der Waals surface area contributed by atoms with Crippen LogP contribution in [0, 0.1) is 11.3 Å². The van der Waals surface area contributed by atoms with Gasteiger partial charge in [0.2, 0.25) is 11.8 Å². The second-order valence-corrected chi connectivity index (χ2v) is 8.64. The monoisotopic (exact) mass is 409 g/mol. The number of anilines is 1. The van der Waals surface area contributed by atoms with Crippen LogP contribution in [0.3, 0.4) is 0 Å². The van der Waals surface area contributed by atoms with E-state index in [-0.39, 0.29) is 18.3 Å². The minimum absolute atomic E-state index is 0.166. The van der Waals surface area contributed by atoms with E-state index >= 15 is 0 Å². The summed E-state index contributed by atoms with van der Waals surface area (Å²) in [5, 5.41) is 13.6. The molecule has 0 bridgehead atoms. The lowest BCUT2D eigenvalue weighted by atomic mass is 9.72. The number of nitrogens with two attached hydrogens (primary N) is 1. The van der Waals surface area contributed by atoms with Crippen LogP contribution in [0.1, 0.15) is 51.9 Å². The Labute approximate surface area is 175 Å². The van der Waals surface area contributed by atoms with E-state index in [9.17, 15) is 9.90 Å². The number of carboxylic acid groups (broad SMARTS) is 1. The van der Waals surface area contributed by atoms with Gasteiger partial charge in [-0.25, -0.2) is 9.97 Å². The van der Waals surface area contributed by atoms with Crippen molar-refractivity contribution in [2.24, 2.45) is 11.3 Å². The quantitative estimate of drug-likeness (QED) is 0.604. The fourth-order valence-corrected chi connectivity index (χ4v) is 3.21. The molecule has 3 aromatic rings. The van der Waals surface area contributed by atoms with E-state index in [0.29, 0.717) is 11.7 Å². The summed E-state index contributed by atoms with van der Waals surface area (Å²) in [7, 11) is 0. The van der Waals surface area contributed by atoms with Crippen molar-refractivity contribution in [2.45, 2.75) is 46.5 Å². The first-order valence-electron chi connectivity index (χ1n) is 9.79. The molecule has 3 N–H and O–H groups in total. The number of hydrogen-bond donors (Lipinski definition) is 2. The van der Waals surface area contributed by atoms with Gasteiger partial charge in [0.05, 0.1) is 10.8 Å². The van der Waals surface area contributed by atoms with E-state index in [2.05, 4.69) is 40.9 Å². The van der Waals surface area contributed by atoms with Crippen LogP contribution in [-0.2, 0) is 16.6 Å². The Balaban J connectivity index is 1.93. The lowest BCUT2D eigenvalue weighted by Gasteiger charge is -2.31. The van der Waals surface area contributed by atoms with Gasteiger partial charge in [0.1, 0.15) is 0 Å². The van der Waals surface area contributed by atoms with Gasteiger partial charge in [-0.3, -0.25) is 4.79 Å². The van der Waals surface area contributed by atoms with Crippen molar-refractivity contribution in [2.75, 3.05) is 5.73 Å². The third-order valence-corrected chi connectivity index (χ3v) is 5.75. The zero-order chi connectivity index (χ0) is 22.1. The highest BCUT2D eigenvalue weighted by molar-refractivity contribution is 5.73. The summed E-state index contributed by atoms with van der Waals surface area (Å²) in [4.78, 5) is 24.1. The van der Waals surface area contributed by atoms with E-state index in [4.69, 9.17) is 10.3 Å². The highest BCUT2D eigenvalue weighted by atomic mass is 16.5. The molecule has 0 amide bonds. The third kappa shape index (κ3) is 4.03. The molecule has 0 aliphatic heterocycles. The number of aliphatic carboxylic acids is 1. The summed E-state index contributed by atoms with van der Waals surface area (Å²) < 4.78 is 5.42. The minimum atomic E-state index is -0.985. The zero-order valence-corrected chi connectivity index (χ0v) is 17.9. The van der Waals surface area contributed by atoms with Crippen molar-refractivity contribution < 1.29 is 14.4 Å². The molecule has 0 aliphatic carbocycles. The van der Waals surface area contributed by atoms with Crippen molar-refractivity contribution >= 4 is 11.9 Å². The van der Waals surface area contributed by atoms with Gasteiger partial charge < -0.3 is 15.4 Å². The second kappa shape index (κ2) is 7.85. The molecule has 1 aromatic carbocycles. The van der Waals surface area contributed by atoms with Crippen molar-refractivity contribution in [3.8, 4) is 11.1 Å². The van der Waals surface area contributed by atoms with E-state index in [0.717, 1.165) is 16.7 Å². The van der Waals surface area contributed by atoms with Crippen molar-refractivity contribution in [1.29, 1.82) is 0 Å². The van der Waals surface area contributed by atoms with Crippen LogP contribution in [0.4, 0.5) is 5.95 Å². The van der Waals surface area contributed by atoms with Crippen molar-refractivity contribution in [1.82, 2.24) is 20.1 Å². The Morgan fingerprint density at radius 1 is 1.10 bits per heavy atom. The van der Waals surface area contributed by atoms with Crippen LogP contribution >= 0.6 is 0 Å². The third-order valence-electron chi connectivity index (χ3n) is 5.75. The number of carbonyl (C=O) groups is 1. The normalized spacial score (nSPS) is 13.9. The second-order valence-electron chi connectivity index (χ2n) is 8.64. The van der Waals surface area contributed by atoms with Gasteiger partial charge >= 0.3 is 5.97 Å². The van der Waals surface area contributed by atoms with Gasteiger partial charge in [-0.1, -0.05) is 43.3 Å². The molecule has 8 nitrogen and oxygen atoms in total. The predicted octanol–water partition coefficient (Wildman–Crippen LogP) is 3.72. The van der Waals surface area contributed by atoms with Crippen LogP contribution in [0.15, 0.2) is 41.2 Å². The summed E-state index contributed by atoms with van der Waals surface area (Å²) in [5.74, 6) is 0.358. The molecule has 30 heavy (non-hydrogen) atoms. The molecule has 0 saturated heterocycles. The first kappa shape index (κ1) is 21.4. The van der Waals surface area contributed by atoms with Crippen LogP contribution < -0.4 is 5.73 Å². The first-order valence-corrected chi connectivity index (χ1v) is 9.79. The molecule has 158 valence electrons. The van der Waals surface area contributed by atoms with E-state index < -0.39 is 16.8 Å². The standard InChI is InChI=1S/C22H27N5O3/c1-13(2)22(5,18-26-17(30-27-18)10-21(3,4)19(28)29)16-8-6-14(7-9-16)15-11-24-20(23)25-12-15/h6-9,11-13H,10H2,1-5H3,(H,28,29)(H2,23,24,25). The number of nitrogen functional groups attached to an aromatic ring is 1. The average Bonchev–Trinajstić information content (AvgIpc) is 3.16. The summed E-state index contributed by atoms with van der Waals surface area (Å²) in [6, 6.07) is 8.06. The molecular formula is C22H27N5O3. The number of aromatic nitrogens is 4. The van der Waals surface area contributed by atoms with Crippen molar-refractivity contribution in [3.05, 3.63) is 53.9 Å². The SMILES string of the molecule is CC(C)C(C)(c1ccc(-c2cnc(N)nc2)cc1)c1noc(CC(C)(C)C(=O)O)n1. The first-order chi connectivity index (χ1) is 14.0. The molecule has 1 atom stereocenters. The lowest BCUT2D eigenvalue weighted by molar-refractivity contribution is -0.147. The topological polar surface area (TPSA) is 128 Å². The fourth-order valence-electron chi connectivity index (χ4n) is 3.21. The Hall–Kier alpha value is -3.29. The van der Waals surface area contributed by atoms with Gasteiger partial charge in [0.25, 0.3) is 0 Å². The Kier molecular flexibility index (Phi) is 5.61. The van der Waals surface area contributed by atoms with Crippen molar-refractivity contribution in [3.63, 3.8) is 0 Å².